The van der Waals surface area contributed by atoms with Crippen molar-refractivity contribution in [3.8, 4) is 5.75 Å². The van der Waals surface area contributed by atoms with Gasteiger partial charge in [0.05, 0.1) is 10.2 Å². The lowest BCUT2D eigenvalue weighted by Crippen LogP contribution is -2.54. The number of hydrogen-bond donors (Lipinski definition) is 2. The average Bonchev–Trinajstić information content (AvgIpc) is 2.85. The Morgan fingerprint density at radius 1 is 1.08 bits per heavy atom. The summed E-state index contributed by atoms with van der Waals surface area (Å²) in [5.74, 6) is -1.51. The maximum absolute atomic E-state index is 13.2. The first-order chi connectivity index (χ1) is 18.0. The minimum Gasteiger partial charge on any atom is -0.483 e. The minimum atomic E-state index is -0.855. The molecule has 0 aliphatic carbocycles. The third kappa shape index (κ3) is 5.79. The maximum atomic E-state index is 13.2. The lowest BCUT2D eigenvalue weighted by atomic mass is 10.1. The van der Waals surface area contributed by atoms with Crippen molar-refractivity contribution in [2.45, 2.75) is 20.8 Å². The van der Waals surface area contributed by atoms with Gasteiger partial charge < -0.3 is 10.1 Å². The predicted octanol–water partition coefficient (Wildman–Crippen LogP) is 5.71. The van der Waals surface area contributed by atoms with Crippen LogP contribution < -0.4 is 20.3 Å². The number of aryl methyl sites for hydroxylation is 2. The molecule has 0 unspecified atom stereocenters. The monoisotopic (exact) mass is 595 g/mol. The van der Waals surface area contributed by atoms with E-state index in [1.807, 2.05) is 32.0 Å². The van der Waals surface area contributed by atoms with Crippen LogP contribution >= 0.6 is 27.5 Å². The number of nitrogens with one attached hydrogen (secondary N) is 2. The number of urea groups is 1. The first-order valence-corrected chi connectivity index (χ1v) is 12.7. The fourth-order valence-corrected chi connectivity index (χ4v) is 4.57. The summed E-state index contributed by atoms with van der Waals surface area (Å²) in [7, 11) is 0. The van der Waals surface area contributed by atoms with Crippen molar-refractivity contribution in [3.05, 3.63) is 91.9 Å². The molecule has 1 aliphatic heterocycles. The van der Waals surface area contributed by atoms with Gasteiger partial charge in [-0.2, -0.15) is 0 Å². The van der Waals surface area contributed by atoms with Crippen LogP contribution in [0.15, 0.2) is 64.6 Å². The van der Waals surface area contributed by atoms with Gasteiger partial charge in [0.2, 0.25) is 0 Å². The van der Waals surface area contributed by atoms with Crippen molar-refractivity contribution in [1.29, 1.82) is 0 Å². The lowest BCUT2D eigenvalue weighted by Gasteiger charge is -2.27. The summed E-state index contributed by atoms with van der Waals surface area (Å²) in [5, 5.41) is 5.40. The van der Waals surface area contributed by atoms with Crippen molar-refractivity contribution in [3.63, 3.8) is 0 Å². The van der Waals surface area contributed by atoms with Gasteiger partial charge in [0.1, 0.15) is 11.3 Å². The molecule has 2 N–H and O–H groups in total. The Hall–Kier alpha value is -3.95. The third-order valence-electron chi connectivity index (χ3n) is 5.86. The highest BCUT2D eigenvalue weighted by molar-refractivity contribution is 9.10. The Morgan fingerprint density at radius 3 is 2.55 bits per heavy atom. The van der Waals surface area contributed by atoms with Gasteiger partial charge in [-0.3, -0.25) is 19.7 Å². The highest BCUT2D eigenvalue weighted by Gasteiger charge is 2.37. The van der Waals surface area contributed by atoms with Crippen molar-refractivity contribution < 1.29 is 23.9 Å². The summed E-state index contributed by atoms with van der Waals surface area (Å²) < 4.78 is 6.15. The first kappa shape index (κ1) is 27.1. The van der Waals surface area contributed by atoms with Gasteiger partial charge in [0.15, 0.2) is 6.61 Å². The fraction of sp³-hybridized carbons (Fsp3) is 0.143. The maximum Gasteiger partial charge on any atom is 0.335 e. The van der Waals surface area contributed by atoms with Gasteiger partial charge in [-0.15, -0.1) is 0 Å². The smallest absolute Gasteiger partial charge is 0.335 e. The average molecular weight is 597 g/mol. The van der Waals surface area contributed by atoms with E-state index >= 15 is 0 Å². The van der Waals surface area contributed by atoms with E-state index in [4.69, 9.17) is 16.3 Å². The van der Waals surface area contributed by atoms with Gasteiger partial charge >= 0.3 is 6.03 Å². The van der Waals surface area contributed by atoms with Crippen molar-refractivity contribution >= 4 is 68.7 Å². The number of carbonyl (C=O) groups is 4. The largest absolute Gasteiger partial charge is 0.483 e. The van der Waals surface area contributed by atoms with E-state index in [0.29, 0.717) is 32.1 Å². The van der Waals surface area contributed by atoms with Gasteiger partial charge in [0, 0.05) is 10.7 Å². The zero-order valence-electron chi connectivity index (χ0n) is 20.7. The molecule has 3 aromatic rings. The second-order valence-corrected chi connectivity index (χ2v) is 9.95. The number of anilines is 2. The molecule has 1 fully saturated rings. The SMILES string of the molecule is Cc1ccc(NC(=O)COc2ccc(/C=C3/C(=O)NC(=O)N(c4cccc(Cl)c4C)C3=O)cc2Br)c(C)c1. The molecule has 0 atom stereocenters. The molecule has 0 spiro atoms. The molecule has 5 amide bonds. The Bertz CT molecular complexity index is 1520. The molecular formula is C28H23BrClN3O5. The van der Waals surface area contributed by atoms with Crippen LogP contribution in [0.5, 0.6) is 5.75 Å². The molecule has 194 valence electrons. The number of rotatable bonds is 6. The summed E-state index contributed by atoms with van der Waals surface area (Å²) in [6, 6.07) is 14.6. The zero-order chi connectivity index (χ0) is 27.6. The molecule has 0 saturated carbocycles. The molecule has 1 aliphatic rings. The van der Waals surface area contributed by atoms with Crippen LogP contribution in [0.25, 0.3) is 6.08 Å². The van der Waals surface area contributed by atoms with E-state index in [9.17, 15) is 19.2 Å². The fourth-order valence-electron chi connectivity index (χ4n) is 3.89. The predicted molar refractivity (Wildman–Crippen MR) is 149 cm³/mol. The number of hydrogen-bond acceptors (Lipinski definition) is 5. The molecule has 3 aromatic carbocycles. The van der Waals surface area contributed by atoms with Gasteiger partial charge in [-0.1, -0.05) is 41.4 Å². The van der Waals surface area contributed by atoms with E-state index in [2.05, 4.69) is 26.6 Å². The topological polar surface area (TPSA) is 105 Å². The minimum absolute atomic E-state index is 0.219. The zero-order valence-corrected chi connectivity index (χ0v) is 23.1. The number of nitrogens with zero attached hydrogens (tertiary/aromatic N) is 1. The summed E-state index contributed by atoms with van der Waals surface area (Å²) in [5.41, 5.74) is 3.84. The van der Waals surface area contributed by atoms with Crippen LogP contribution in [0.4, 0.5) is 16.2 Å². The highest BCUT2D eigenvalue weighted by atomic mass is 79.9. The number of ether oxygens (including phenoxy) is 1. The van der Waals surface area contributed by atoms with E-state index in [0.717, 1.165) is 16.0 Å². The number of amides is 5. The van der Waals surface area contributed by atoms with Crippen molar-refractivity contribution in [1.82, 2.24) is 5.32 Å². The lowest BCUT2D eigenvalue weighted by molar-refractivity contribution is -0.122. The number of halogens is 2. The number of benzene rings is 3. The highest BCUT2D eigenvalue weighted by Crippen LogP contribution is 2.31. The van der Waals surface area contributed by atoms with E-state index < -0.39 is 17.8 Å². The van der Waals surface area contributed by atoms with Gasteiger partial charge in [0.25, 0.3) is 17.7 Å². The molecule has 0 aromatic heterocycles. The third-order valence-corrected chi connectivity index (χ3v) is 6.89. The number of barbiturate groups is 1. The quantitative estimate of drug-likeness (QED) is 0.280. The standard InChI is InChI=1S/C28H23BrClN3O5/c1-15-7-9-22(16(2)11-15)31-25(34)14-38-24-10-8-18(13-20(24)29)12-19-26(35)32-28(37)33(27(19)36)23-6-4-5-21(30)17(23)3/h4-13H,14H2,1-3H3,(H,31,34)(H,32,35,37)/b19-12-. The Morgan fingerprint density at radius 2 is 1.84 bits per heavy atom. The molecular weight excluding hydrogens is 574 g/mol. The second-order valence-electron chi connectivity index (χ2n) is 8.69. The Balaban J connectivity index is 1.49. The van der Waals surface area contributed by atoms with Gasteiger partial charge in [-0.25, -0.2) is 9.69 Å². The van der Waals surface area contributed by atoms with E-state index in [1.54, 1.807) is 43.3 Å². The Labute approximate surface area is 232 Å². The first-order valence-electron chi connectivity index (χ1n) is 11.5. The van der Waals surface area contributed by atoms with Gasteiger partial charge in [-0.05, 0) is 89.8 Å². The van der Waals surface area contributed by atoms with Crippen LogP contribution in [-0.2, 0) is 14.4 Å². The second kappa shape index (κ2) is 11.2. The molecule has 1 saturated heterocycles. The normalized spacial score (nSPS) is 14.5. The Kier molecular flexibility index (Phi) is 7.99. The van der Waals surface area contributed by atoms with Crippen molar-refractivity contribution in [2.24, 2.45) is 0 Å². The molecule has 1 heterocycles. The van der Waals surface area contributed by atoms with Crippen LogP contribution in [0.3, 0.4) is 0 Å². The summed E-state index contributed by atoms with van der Waals surface area (Å²) >= 11 is 9.56. The molecule has 8 nitrogen and oxygen atoms in total. The molecule has 0 radical (unpaired) electrons. The number of imide groups is 2. The van der Waals surface area contributed by atoms with Crippen LogP contribution in [-0.4, -0.2) is 30.4 Å². The number of carbonyl (C=O) groups excluding carboxylic acids is 4. The molecule has 4 rings (SSSR count). The molecule has 0 bridgehead atoms. The summed E-state index contributed by atoms with van der Waals surface area (Å²) in [6.45, 7) is 5.35. The van der Waals surface area contributed by atoms with Crippen LogP contribution in [0.2, 0.25) is 5.02 Å². The van der Waals surface area contributed by atoms with E-state index in [1.165, 1.54) is 6.08 Å². The van der Waals surface area contributed by atoms with Crippen LogP contribution in [0, 0.1) is 20.8 Å². The summed E-state index contributed by atoms with van der Waals surface area (Å²) in [4.78, 5) is 51.5. The van der Waals surface area contributed by atoms with Crippen molar-refractivity contribution in [2.75, 3.05) is 16.8 Å². The molecule has 10 heteroatoms. The van der Waals surface area contributed by atoms with Crippen LogP contribution in [0.1, 0.15) is 22.3 Å². The van der Waals surface area contributed by atoms with E-state index in [-0.39, 0.29) is 23.8 Å². The molecule has 38 heavy (non-hydrogen) atoms. The summed E-state index contributed by atoms with van der Waals surface area (Å²) in [6.07, 6.45) is 1.37.